The lowest BCUT2D eigenvalue weighted by Crippen LogP contribution is -2.27. The second-order valence-electron chi connectivity index (χ2n) is 5.63. The van der Waals surface area contributed by atoms with Crippen molar-refractivity contribution in [2.45, 2.75) is 13.3 Å². The molecule has 2 aromatic heterocycles. The van der Waals surface area contributed by atoms with E-state index in [1.807, 2.05) is 12.1 Å². The first-order valence-corrected chi connectivity index (χ1v) is 8.01. The molecule has 0 bridgehead atoms. The van der Waals surface area contributed by atoms with Gasteiger partial charge in [-0.05, 0) is 25.0 Å². The lowest BCUT2D eigenvalue weighted by Gasteiger charge is -2.11. The standard InChI is InChI=1S/C18H19N3O5/c1-10-14(15-17(23)20-9-21-18(15)26-10)16(22)19-7-6-11-4-5-12(24-2)8-13(11)25-3/h4-5,8-9H,6-7H2,1-3H3,(H,19,22)(H,20,21,23). The summed E-state index contributed by atoms with van der Waals surface area (Å²) < 4.78 is 15.9. The third kappa shape index (κ3) is 3.26. The Balaban J connectivity index is 1.75. The molecule has 8 nitrogen and oxygen atoms in total. The van der Waals surface area contributed by atoms with Crippen molar-refractivity contribution in [2.75, 3.05) is 20.8 Å². The zero-order valence-electron chi connectivity index (χ0n) is 14.7. The van der Waals surface area contributed by atoms with E-state index in [-0.39, 0.29) is 22.6 Å². The zero-order chi connectivity index (χ0) is 18.7. The van der Waals surface area contributed by atoms with Crippen LogP contribution in [0.5, 0.6) is 11.5 Å². The van der Waals surface area contributed by atoms with Crippen LogP contribution in [0, 0.1) is 6.92 Å². The molecule has 0 saturated carbocycles. The monoisotopic (exact) mass is 357 g/mol. The molecule has 2 N–H and O–H groups in total. The Hall–Kier alpha value is -3.29. The summed E-state index contributed by atoms with van der Waals surface area (Å²) in [6, 6.07) is 5.51. The molecule has 0 aliphatic carbocycles. The third-order valence-corrected chi connectivity index (χ3v) is 4.07. The maximum Gasteiger partial charge on any atom is 0.262 e. The van der Waals surface area contributed by atoms with Crippen molar-refractivity contribution in [1.82, 2.24) is 15.3 Å². The van der Waals surface area contributed by atoms with Gasteiger partial charge in [-0.3, -0.25) is 9.59 Å². The highest BCUT2D eigenvalue weighted by atomic mass is 16.5. The molecule has 3 rings (SSSR count). The average Bonchev–Trinajstić information content (AvgIpc) is 2.99. The molecule has 0 fully saturated rings. The SMILES string of the molecule is COc1ccc(CCNC(=O)c2c(C)oc3nc[nH]c(=O)c23)c(OC)c1. The number of hydrogen-bond acceptors (Lipinski definition) is 6. The molecule has 0 spiro atoms. The highest BCUT2D eigenvalue weighted by Gasteiger charge is 2.21. The Bertz CT molecular complexity index is 1010. The predicted octanol–water partition coefficient (Wildman–Crippen LogP) is 1.81. The molecule has 0 saturated heterocycles. The highest BCUT2D eigenvalue weighted by Crippen LogP contribution is 2.25. The first kappa shape index (κ1) is 17.5. The summed E-state index contributed by atoms with van der Waals surface area (Å²) in [5, 5.41) is 2.96. The number of aryl methyl sites for hydroxylation is 1. The lowest BCUT2D eigenvalue weighted by atomic mass is 10.1. The van der Waals surface area contributed by atoms with Crippen molar-refractivity contribution < 1.29 is 18.7 Å². The summed E-state index contributed by atoms with van der Waals surface area (Å²) in [5.74, 6) is 1.35. The van der Waals surface area contributed by atoms with Crippen LogP contribution < -0.4 is 20.3 Å². The van der Waals surface area contributed by atoms with Crippen molar-refractivity contribution in [3.05, 3.63) is 51.8 Å². The summed E-state index contributed by atoms with van der Waals surface area (Å²) in [5.41, 5.74) is 0.875. The molecule has 0 radical (unpaired) electrons. The molecule has 1 aromatic carbocycles. The molecule has 0 aliphatic heterocycles. The zero-order valence-corrected chi connectivity index (χ0v) is 14.7. The highest BCUT2D eigenvalue weighted by molar-refractivity contribution is 6.06. The number of aromatic amines is 1. The molecule has 8 heteroatoms. The van der Waals surface area contributed by atoms with Crippen LogP contribution in [-0.2, 0) is 6.42 Å². The third-order valence-electron chi connectivity index (χ3n) is 4.07. The van der Waals surface area contributed by atoms with Gasteiger partial charge in [-0.25, -0.2) is 4.98 Å². The van der Waals surface area contributed by atoms with Gasteiger partial charge in [-0.1, -0.05) is 6.07 Å². The number of amides is 1. The Morgan fingerprint density at radius 1 is 1.31 bits per heavy atom. The fourth-order valence-electron chi connectivity index (χ4n) is 2.78. The molecule has 136 valence electrons. The number of nitrogens with zero attached hydrogens (tertiary/aromatic N) is 1. The fraction of sp³-hybridized carbons (Fsp3) is 0.278. The smallest absolute Gasteiger partial charge is 0.262 e. The molecular weight excluding hydrogens is 338 g/mol. The lowest BCUT2D eigenvalue weighted by molar-refractivity contribution is 0.0954. The van der Waals surface area contributed by atoms with Crippen LogP contribution in [0.15, 0.2) is 33.7 Å². The van der Waals surface area contributed by atoms with Gasteiger partial charge in [0.05, 0.1) is 26.1 Å². The number of hydrogen-bond donors (Lipinski definition) is 2. The molecular formula is C18H19N3O5. The van der Waals surface area contributed by atoms with Gasteiger partial charge in [0.25, 0.3) is 11.5 Å². The number of H-pyrrole nitrogens is 1. The molecule has 26 heavy (non-hydrogen) atoms. The van der Waals surface area contributed by atoms with Gasteiger partial charge in [-0.2, -0.15) is 0 Å². The Morgan fingerprint density at radius 2 is 2.12 bits per heavy atom. The first-order valence-electron chi connectivity index (χ1n) is 8.01. The van der Waals surface area contributed by atoms with Crippen molar-refractivity contribution in [1.29, 1.82) is 0 Å². The molecule has 0 unspecified atom stereocenters. The van der Waals surface area contributed by atoms with Gasteiger partial charge >= 0.3 is 0 Å². The number of furan rings is 1. The first-order chi connectivity index (χ1) is 12.5. The maximum atomic E-state index is 12.5. The van der Waals surface area contributed by atoms with E-state index in [0.717, 1.165) is 5.56 Å². The minimum Gasteiger partial charge on any atom is -0.497 e. The largest absolute Gasteiger partial charge is 0.497 e. The number of methoxy groups -OCH3 is 2. The quantitative estimate of drug-likeness (QED) is 0.697. The average molecular weight is 357 g/mol. The van der Waals surface area contributed by atoms with E-state index in [1.54, 1.807) is 27.2 Å². The Labute approximate surface area is 149 Å². The van der Waals surface area contributed by atoms with E-state index >= 15 is 0 Å². The number of benzene rings is 1. The number of fused-ring (bicyclic) bond motifs is 1. The van der Waals surface area contributed by atoms with E-state index in [1.165, 1.54) is 6.33 Å². The normalized spacial score (nSPS) is 10.7. The molecule has 0 atom stereocenters. The number of rotatable bonds is 6. The number of carbonyl (C=O) groups excluding carboxylic acids is 1. The number of carbonyl (C=O) groups is 1. The molecule has 0 aliphatic rings. The van der Waals surface area contributed by atoms with E-state index < -0.39 is 5.56 Å². The number of ether oxygens (including phenoxy) is 2. The van der Waals surface area contributed by atoms with Crippen molar-refractivity contribution in [2.24, 2.45) is 0 Å². The van der Waals surface area contributed by atoms with Crippen LogP contribution in [0.4, 0.5) is 0 Å². The molecule has 3 aromatic rings. The summed E-state index contributed by atoms with van der Waals surface area (Å²) in [6.45, 7) is 1.99. The van der Waals surface area contributed by atoms with E-state index in [9.17, 15) is 9.59 Å². The number of aromatic nitrogens is 2. The van der Waals surface area contributed by atoms with Crippen LogP contribution in [0.25, 0.3) is 11.1 Å². The van der Waals surface area contributed by atoms with Crippen LogP contribution in [0.2, 0.25) is 0 Å². The minimum atomic E-state index is -0.408. The molecule has 2 heterocycles. The van der Waals surface area contributed by atoms with Gasteiger partial charge in [-0.15, -0.1) is 0 Å². The van der Waals surface area contributed by atoms with Gasteiger partial charge in [0.1, 0.15) is 22.6 Å². The van der Waals surface area contributed by atoms with Gasteiger partial charge in [0, 0.05) is 12.6 Å². The van der Waals surface area contributed by atoms with Crippen molar-refractivity contribution in [3.63, 3.8) is 0 Å². The maximum absolute atomic E-state index is 12.5. The van der Waals surface area contributed by atoms with E-state index in [2.05, 4.69) is 15.3 Å². The summed E-state index contributed by atoms with van der Waals surface area (Å²) in [4.78, 5) is 30.9. The Morgan fingerprint density at radius 3 is 2.85 bits per heavy atom. The van der Waals surface area contributed by atoms with E-state index in [4.69, 9.17) is 13.9 Å². The van der Waals surface area contributed by atoms with Crippen molar-refractivity contribution in [3.8, 4) is 11.5 Å². The minimum absolute atomic E-state index is 0.147. The fourth-order valence-corrected chi connectivity index (χ4v) is 2.78. The van der Waals surface area contributed by atoms with E-state index in [0.29, 0.717) is 30.2 Å². The summed E-state index contributed by atoms with van der Waals surface area (Å²) in [6.07, 6.45) is 1.80. The van der Waals surface area contributed by atoms with Crippen LogP contribution in [0.1, 0.15) is 21.7 Å². The predicted molar refractivity (Wildman–Crippen MR) is 94.9 cm³/mol. The second-order valence-corrected chi connectivity index (χ2v) is 5.63. The summed E-state index contributed by atoms with van der Waals surface area (Å²) in [7, 11) is 3.17. The second kappa shape index (κ2) is 7.30. The number of nitrogens with one attached hydrogen (secondary N) is 2. The van der Waals surface area contributed by atoms with Gasteiger partial charge in [0.15, 0.2) is 0 Å². The van der Waals surface area contributed by atoms with Crippen LogP contribution >= 0.6 is 0 Å². The van der Waals surface area contributed by atoms with Crippen LogP contribution in [-0.4, -0.2) is 36.6 Å². The molecule has 1 amide bonds. The van der Waals surface area contributed by atoms with Gasteiger partial charge in [0.2, 0.25) is 5.71 Å². The topological polar surface area (TPSA) is 106 Å². The van der Waals surface area contributed by atoms with Crippen molar-refractivity contribution >= 4 is 17.0 Å². The van der Waals surface area contributed by atoms with Gasteiger partial charge < -0.3 is 24.2 Å². The Kier molecular flexibility index (Phi) is 4.92. The summed E-state index contributed by atoms with van der Waals surface area (Å²) >= 11 is 0. The van der Waals surface area contributed by atoms with Crippen LogP contribution in [0.3, 0.4) is 0 Å².